The van der Waals surface area contributed by atoms with Gasteiger partial charge in [-0.25, -0.2) is 4.79 Å². The van der Waals surface area contributed by atoms with Gasteiger partial charge in [0.2, 0.25) is 23.6 Å². The van der Waals surface area contributed by atoms with Gasteiger partial charge in [0.15, 0.2) is 5.96 Å². The molecule has 0 aliphatic rings. The van der Waals surface area contributed by atoms with E-state index in [9.17, 15) is 29.1 Å². The van der Waals surface area contributed by atoms with Crippen LogP contribution in [0.4, 0.5) is 0 Å². The van der Waals surface area contributed by atoms with Gasteiger partial charge in [0.25, 0.3) is 0 Å². The number of aliphatic carboxylic acids is 1. The van der Waals surface area contributed by atoms with Gasteiger partial charge in [0, 0.05) is 6.54 Å². The third kappa shape index (κ3) is 13.5. The van der Waals surface area contributed by atoms with Gasteiger partial charge in [-0.3, -0.25) is 24.2 Å². The van der Waals surface area contributed by atoms with E-state index in [-0.39, 0.29) is 24.2 Å². The maximum Gasteiger partial charge on any atom is 0.326 e. The fourth-order valence-corrected chi connectivity index (χ4v) is 3.07. The first-order chi connectivity index (χ1) is 16.6. The van der Waals surface area contributed by atoms with Gasteiger partial charge in [0.05, 0.1) is 12.6 Å². The van der Waals surface area contributed by atoms with Gasteiger partial charge in [-0.05, 0) is 38.0 Å². The monoisotopic (exact) mass is 514 g/mol. The van der Waals surface area contributed by atoms with E-state index < -0.39 is 60.3 Å². The standard InChI is InChI=1S/C22H42N8O6/c1-11(2)9-15(21(35)36)29-18(32)13(5)28-16(31)10-27-20(34)17(12(3)4)30-19(33)14(23)7-6-8-26-22(24)25/h11-15,17H,6-10,23H2,1-5H3,(H,27,34)(H,28,31)(H,29,32)(H,30,33)(H,35,36)(H4,24,25,26)/t13-,14-,15-,17-/m0/s1. The summed E-state index contributed by atoms with van der Waals surface area (Å²) in [5, 5.41) is 19.0. The molecule has 0 rings (SSSR count). The van der Waals surface area contributed by atoms with Crippen LogP contribution in [0.3, 0.4) is 0 Å². The number of guanidine groups is 1. The Bertz CT molecular complexity index is 797. The number of rotatable bonds is 16. The molecule has 0 aromatic carbocycles. The number of aliphatic imine (C=N–C) groups is 1. The first-order valence-corrected chi connectivity index (χ1v) is 11.9. The number of carboxylic acids is 1. The number of nitrogens with two attached hydrogens (primary N) is 3. The summed E-state index contributed by atoms with van der Waals surface area (Å²) in [4.78, 5) is 64.6. The molecule has 0 aliphatic carbocycles. The maximum absolute atomic E-state index is 12.6. The highest BCUT2D eigenvalue weighted by Crippen LogP contribution is 2.06. The molecule has 0 saturated carbocycles. The van der Waals surface area contributed by atoms with Crippen LogP contribution < -0.4 is 38.5 Å². The second kappa shape index (κ2) is 16.3. The normalized spacial score (nSPS) is 14.2. The average molecular weight is 515 g/mol. The van der Waals surface area contributed by atoms with E-state index in [4.69, 9.17) is 17.2 Å². The molecule has 0 aromatic rings. The zero-order chi connectivity index (χ0) is 28.0. The zero-order valence-electron chi connectivity index (χ0n) is 21.7. The van der Waals surface area contributed by atoms with E-state index in [2.05, 4.69) is 26.3 Å². The Morgan fingerprint density at radius 1 is 0.889 bits per heavy atom. The van der Waals surface area contributed by atoms with Gasteiger partial charge >= 0.3 is 5.97 Å². The largest absolute Gasteiger partial charge is 0.480 e. The highest BCUT2D eigenvalue weighted by atomic mass is 16.4. The lowest BCUT2D eigenvalue weighted by Crippen LogP contribution is -2.56. The lowest BCUT2D eigenvalue weighted by molar-refractivity contribution is -0.142. The molecule has 0 unspecified atom stereocenters. The summed E-state index contributed by atoms with van der Waals surface area (Å²) in [7, 11) is 0. The van der Waals surface area contributed by atoms with Crippen molar-refractivity contribution >= 4 is 35.6 Å². The van der Waals surface area contributed by atoms with Gasteiger partial charge < -0.3 is 43.6 Å². The smallest absolute Gasteiger partial charge is 0.326 e. The molecule has 0 bridgehead atoms. The van der Waals surface area contributed by atoms with Crippen molar-refractivity contribution in [3.05, 3.63) is 0 Å². The van der Waals surface area contributed by atoms with Gasteiger partial charge in [0.1, 0.15) is 18.1 Å². The van der Waals surface area contributed by atoms with E-state index in [0.717, 1.165) is 0 Å². The molecule has 0 spiro atoms. The number of amides is 4. The molecule has 0 saturated heterocycles. The summed E-state index contributed by atoms with van der Waals surface area (Å²) in [6, 6.07) is -3.92. The number of hydrogen-bond acceptors (Lipinski definition) is 7. The Hall–Kier alpha value is -3.42. The summed E-state index contributed by atoms with van der Waals surface area (Å²) < 4.78 is 0. The van der Waals surface area contributed by atoms with Crippen molar-refractivity contribution in [2.75, 3.05) is 13.1 Å². The van der Waals surface area contributed by atoms with Crippen molar-refractivity contribution in [3.63, 3.8) is 0 Å². The third-order valence-corrected chi connectivity index (χ3v) is 5.07. The second-order valence-corrected chi connectivity index (χ2v) is 9.32. The first-order valence-electron chi connectivity index (χ1n) is 11.9. The highest BCUT2D eigenvalue weighted by molar-refractivity contribution is 5.94. The van der Waals surface area contributed by atoms with Crippen LogP contribution in [0.25, 0.3) is 0 Å². The van der Waals surface area contributed by atoms with Crippen LogP contribution >= 0.6 is 0 Å². The molecular weight excluding hydrogens is 472 g/mol. The van der Waals surface area contributed by atoms with Crippen LogP contribution in [0.5, 0.6) is 0 Å². The van der Waals surface area contributed by atoms with Crippen molar-refractivity contribution in [1.29, 1.82) is 0 Å². The minimum absolute atomic E-state index is 0.0418. The number of carbonyl (C=O) groups excluding carboxylic acids is 4. The van der Waals surface area contributed by atoms with Crippen molar-refractivity contribution < 1.29 is 29.1 Å². The van der Waals surface area contributed by atoms with E-state index in [1.165, 1.54) is 6.92 Å². The molecule has 0 aromatic heterocycles. The summed E-state index contributed by atoms with van der Waals surface area (Å²) in [6.07, 6.45) is 1.01. The molecule has 14 heteroatoms. The van der Waals surface area contributed by atoms with Crippen LogP contribution in [-0.4, -0.2) is 77.9 Å². The van der Waals surface area contributed by atoms with Gasteiger partial charge in [-0.15, -0.1) is 0 Å². The predicted molar refractivity (Wildman–Crippen MR) is 134 cm³/mol. The summed E-state index contributed by atoms with van der Waals surface area (Å²) in [6.45, 7) is 8.35. The number of nitrogens with one attached hydrogen (secondary N) is 4. The zero-order valence-corrected chi connectivity index (χ0v) is 21.7. The lowest BCUT2D eigenvalue weighted by Gasteiger charge is -2.24. The third-order valence-electron chi connectivity index (χ3n) is 5.07. The molecule has 11 N–H and O–H groups in total. The van der Waals surface area contributed by atoms with Crippen LogP contribution in [0.2, 0.25) is 0 Å². The predicted octanol–water partition coefficient (Wildman–Crippen LogP) is -2.26. The molecule has 0 fully saturated rings. The Labute approximate surface area is 211 Å². The fourth-order valence-electron chi connectivity index (χ4n) is 3.07. The quantitative estimate of drug-likeness (QED) is 0.0628. The molecule has 0 radical (unpaired) electrons. The summed E-state index contributed by atoms with van der Waals surface area (Å²) in [5.41, 5.74) is 16.4. The van der Waals surface area contributed by atoms with Crippen molar-refractivity contribution in [1.82, 2.24) is 21.3 Å². The van der Waals surface area contributed by atoms with Crippen LogP contribution in [0, 0.1) is 11.8 Å². The van der Waals surface area contributed by atoms with Crippen LogP contribution in [0.1, 0.15) is 53.9 Å². The van der Waals surface area contributed by atoms with E-state index >= 15 is 0 Å². The van der Waals surface area contributed by atoms with E-state index in [1.807, 2.05) is 13.8 Å². The average Bonchev–Trinajstić information content (AvgIpc) is 2.76. The molecule has 36 heavy (non-hydrogen) atoms. The molecular formula is C22H42N8O6. The molecule has 0 aliphatic heterocycles. The number of carboxylic acid groups (broad SMARTS) is 1. The lowest BCUT2D eigenvalue weighted by atomic mass is 10.0. The molecule has 4 atom stereocenters. The highest BCUT2D eigenvalue weighted by Gasteiger charge is 2.28. The van der Waals surface area contributed by atoms with Crippen molar-refractivity contribution in [3.8, 4) is 0 Å². The maximum atomic E-state index is 12.6. The summed E-state index contributed by atoms with van der Waals surface area (Å²) in [5.74, 6) is -3.93. The number of nitrogens with zero attached hydrogens (tertiary/aromatic N) is 1. The SMILES string of the molecule is CC(C)C[C@H](NC(=O)[C@H](C)NC(=O)CNC(=O)[C@@H](NC(=O)[C@@H](N)CCCN=C(N)N)C(C)C)C(=O)O. The van der Waals surface area contributed by atoms with Crippen molar-refractivity contribution in [2.45, 2.75) is 78.0 Å². The van der Waals surface area contributed by atoms with Crippen molar-refractivity contribution in [2.24, 2.45) is 34.0 Å². The minimum atomic E-state index is -1.17. The Morgan fingerprint density at radius 3 is 2.00 bits per heavy atom. The Balaban J connectivity index is 4.75. The van der Waals surface area contributed by atoms with E-state index in [0.29, 0.717) is 19.4 Å². The number of carbonyl (C=O) groups is 5. The molecule has 14 nitrogen and oxygen atoms in total. The van der Waals surface area contributed by atoms with Crippen LogP contribution in [0.15, 0.2) is 4.99 Å². The molecule has 206 valence electrons. The first kappa shape index (κ1) is 32.6. The summed E-state index contributed by atoms with van der Waals surface area (Å²) >= 11 is 0. The Kier molecular flexibility index (Phi) is 14.7. The Morgan fingerprint density at radius 2 is 1.50 bits per heavy atom. The topological polar surface area (TPSA) is 244 Å². The molecule has 0 heterocycles. The van der Waals surface area contributed by atoms with Crippen LogP contribution in [-0.2, 0) is 24.0 Å². The molecule has 4 amide bonds. The fraction of sp³-hybridized carbons (Fsp3) is 0.727. The van der Waals surface area contributed by atoms with E-state index in [1.54, 1.807) is 13.8 Å². The second-order valence-electron chi connectivity index (χ2n) is 9.32. The van der Waals surface area contributed by atoms with Gasteiger partial charge in [-0.2, -0.15) is 0 Å². The number of hydrogen-bond donors (Lipinski definition) is 8. The van der Waals surface area contributed by atoms with Gasteiger partial charge in [-0.1, -0.05) is 27.7 Å². The minimum Gasteiger partial charge on any atom is -0.480 e.